The van der Waals surface area contributed by atoms with Gasteiger partial charge in [0.15, 0.2) is 0 Å². The predicted octanol–water partition coefficient (Wildman–Crippen LogP) is 3.57. The van der Waals surface area contributed by atoms with E-state index in [9.17, 15) is 0 Å². The molecule has 2 heterocycles. The van der Waals surface area contributed by atoms with Crippen molar-refractivity contribution in [3.63, 3.8) is 0 Å². The lowest BCUT2D eigenvalue weighted by molar-refractivity contribution is 0.403. The summed E-state index contributed by atoms with van der Waals surface area (Å²) in [5, 5.41) is 0. The van der Waals surface area contributed by atoms with Crippen molar-refractivity contribution in [1.82, 2.24) is 4.98 Å². The second-order valence-electron chi connectivity index (χ2n) is 4.96. The molecular formula is C17H13NO. The number of aromatic nitrogens is 1. The predicted molar refractivity (Wildman–Crippen MR) is 73.0 cm³/mol. The van der Waals surface area contributed by atoms with Crippen LogP contribution in [0.15, 0.2) is 71.3 Å². The Morgan fingerprint density at radius 2 is 1.42 bits per heavy atom. The summed E-state index contributed by atoms with van der Waals surface area (Å²) in [5.74, 6) is 0.805. The lowest BCUT2D eigenvalue weighted by Gasteiger charge is -2.29. The smallest absolute Gasteiger partial charge is 0.209 e. The fourth-order valence-corrected chi connectivity index (χ4v) is 2.99. The first-order valence-electron chi connectivity index (χ1n) is 6.45. The van der Waals surface area contributed by atoms with E-state index in [1.165, 1.54) is 11.1 Å². The molecule has 2 heteroatoms. The van der Waals surface area contributed by atoms with Gasteiger partial charge in [0, 0.05) is 6.42 Å². The molecule has 0 spiro atoms. The van der Waals surface area contributed by atoms with Crippen LogP contribution in [-0.2, 0) is 11.8 Å². The average Bonchev–Trinajstić information content (AvgIpc) is 3.10. The van der Waals surface area contributed by atoms with Gasteiger partial charge in [0.2, 0.25) is 5.89 Å². The molecule has 2 nitrogen and oxygen atoms in total. The second-order valence-corrected chi connectivity index (χ2v) is 4.96. The number of rotatable bonds is 2. The van der Waals surface area contributed by atoms with Crippen LogP contribution < -0.4 is 0 Å². The van der Waals surface area contributed by atoms with Crippen molar-refractivity contribution in [2.24, 2.45) is 0 Å². The number of hydrogen-bond acceptors (Lipinski definition) is 2. The third-order valence-electron chi connectivity index (χ3n) is 3.90. The number of nitrogens with zero attached hydrogens (tertiary/aromatic N) is 1. The summed E-state index contributed by atoms with van der Waals surface area (Å²) in [7, 11) is 0. The van der Waals surface area contributed by atoms with Gasteiger partial charge in [-0.3, -0.25) is 0 Å². The highest BCUT2D eigenvalue weighted by Crippen LogP contribution is 2.45. The normalized spacial score (nSPS) is 15.6. The number of hydrogen-bond donors (Lipinski definition) is 0. The van der Waals surface area contributed by atoms with Crippen LogP contribution in [0.4, 0.5) is 0 Å². The van der Waals surface area contributed by atoms with Crippen LogP contribution in [0.3, 0.4) is 0 Å². The maximum absolute atomic E-state index is 5.66. The van der Waals surface area contributed by atoms with Crippen LogP contribution in [0, 0.1) is 0 Å². The van der Waals surface area contributed by atoms with Crippen LogP contribution in [0.25, 0.3) is 0 Å². The summed E-state index contributed by atoms with van der Waals surface area (Å²) in [6.07, 6.45) is 2.65. The van der Waals surface area contributed by atoms with E-state index in [-0.39, 0.29) is 5.41 Å². The Morgan fingerprint density at radius 1 is 0.842 bits per heavy atom. The van der Waals surface area contributed by atoms with E-state index in [4.69, 9.17) is 4.42 Å². The van der Waals surface area contributed by atoms with Gasteiger partial charge in [-0.2, -0.15) is 0 Å². The minimum absolute atomic E-state index is 0.243. The van der Waals surface area contributed by atoms with Crippen molar-refractivity contribution < 1.29 is 4.42 Å². The Bertz CT molecular complexity index is 661. The average molecular weight is 247 g/mol. The third-order valence-corrected chi connectivity index (χ3v) is 3.90. The third kappa shape index (κ3) is 1.40. The Labute approximate surface area is 111 Å². The minimum Gasteiger partial charge on any atom is -0.447 e. The molecule has 3 aromatic rings. The highest BCUT2D eigenvalue weighted by Gasteiger charge is 2.45. The Morgan fingerprint density at radius 3 is 1.84 bits per heavy atom. The van der Waals surface area contributed by atoms with E-state index in [1.807, 2.05) is 12.1 Å². The van der Waals surface area contributed by atoms with E-state index in [0.717, 1.165) is 18.0 Å². The van der Waals surface area contributed by atoms with Gasteiger partial charge in [0.25, 0.3) is 0 Å². The molecule has 0 fully saturated rings. The zero-order chi connectivity index (χ0) is 12.7. The second kappa shape index (κ2) is 3.82. The molecule has 0 unspecified atom stereocenters. The largest absolute Gasteiger partial charge is 0.447 e. The van der Waals surface area contributed by atoms with E-state index >= 15 is 0 Å². The molecule has 0 saturated heterocycles. The van der Waals surface area contributed by atoms with Crippen LogP contribution in [0.5, 0.6) is 0 Å². The van der Waals surface area contributed by atoms with Gasteiger partial charge in [0.05, 0.1) is 5.69 Å². The first-order chi connectivity index (χ1) is 9.39. The first-order valence-corrected chi connectivity index (χ1v) is 6.45. The molecule has 2 aromatic carbocycles. The molecule has 0 radical (unpaired) electrons. The van der Waals surface area contributed by atoms with Crippen LogP contribution in [-0.4, -0.2) is 4.98 Å². The van der Waals surface area contributed by atoms with Crippen molar-refractivity contribution in [3.05, 3.63) is 89.6 Å². The summed E-state index contributed by atoms with van der Waals surface area (Å²) < 4.78 is 5.66. The Kier molecular flexibility index (Phi) is 2.12. The number of oxazole rings is 1. The summed E-state index contributed by atoms with van der Waals surface area (Å²) in [4.78, 5) is 4.56. The van der Waals surface area contributed by atoms with E-state index < -0.39 is 0 Å². The maximum Gasteiger partial charge on any atom is 0.209 e. The van der Waals surface area contributed by atoms with Crippen molar-refractivity contribution in [2.45, 2.75) is 11.8 Å². The molecule has 1 aromatic heterocycles. The molecule has 0 aliphatic carbocycles. The molecule has 92 valence electrons. The van der Waals surface area contributed by atoms with E-state index in [1.54, 1.807) is 6.26 Å². The maximum atomic E-state index is 5.66. The van der Waals surface area contributed by atoms with Gasteiger partial charge >= 0.3 is 0 Å². The van der Waals surface area contributed by atoms with Gasteiger partial charge in [-0.15, -0.1) is 0 Å². The molecular weight excluding hydrogens is 234 g/mol. The molecule has 0 atom stereocenters. The van der Waals surface area contributed by atoms with Gasteiger partial charge in [-0.05, 0) is 11.1 Å². The van der Waals surface area contributed by atoms with E-state index in [2.05, 4.69) is 53.5 Å². The topological polar surface area (TPSA) is 26.0 Å². The SMILES string of the molecule is c1ccc(C2(c3ccccc3)Cc3coc2n3)cc1. The summed E-state index contributed by atoms with van der Waals surface area (Å²) >= 11 is 0. The Hall–Kier alpha value is -2.35. The lowest BCUT2D eigenvalue weighted by Crippen LogP contribution is -2.29. The van der Waals surface area contributed by atoms with Crippen LogP contribution in [0.1, 0.15) is 22.7 Å². The molecule has 0 N–H and O–H groups in total. The summed E-state index contributed by atoms with van der Waals surface area (Å²) in [6.45, 7) is 0. The van der Waals surface area contributed by atoms with Gasteiger partial charge in [-0.1, -0.05) is 60.7 Å². The molecule has 19 heavy (non-hydrogen) atoms. The first kappa shape index (κ1) is 10.6. The molecule has 1 aliphatic heterocycles. The fourth-order valence-electron chi connectivity index (χ4n) is 2.99. The molecule has 0 saturated carbocycles. The van der Waals surface area contributed by atoms with Crippen LogP contribution >= 0.6 is 0 Å². The van der Waals surface area contributed by atoms with E-state index in [0.29, 0.717) is 0 Å². The van der Waals surface area contributed by atoms with Crippen molar-refractivity contribution >= 4 is 0 Å². The molecule has 4 rings (SSSR count). The summed E-state index contributed by atoms with van der Waals surface area (Å²) in [5.41, 5.74) is 3.26. The standard InChI is InChI=1S/C17H13NO/c1-3-7-13(8-4-1)17(14-9-5-2-6-10-14)11-15-12-19-16(17)18-15/h1-10,12H,11H2. The highest BCUT2D eigenvalue weighted by atomic mass is 16.3. The monoisotopic (exact) mass is 247 g/mol. The quantitative estimate of drug-likeness (QED) is 0.692. The van der Waals surface area contributed by atoms with Crippen LogP contribution in [0.2, 0.25) is 0 Å². The van der Waals surface area contributed by atoms with Gasteiger partial charge in [0.1, 0.15) is 11.7 Å². The van der Waals surface area contributed by atoms with Gasteiger partial charge in [-0.25, -0.2) is 4.98 Å². The van der Waals surface area contributed by atoms with Crippen molar-refractivity contribution in [1.29, 1.82) is 0 Å². The number of benzene rings is 2. The van der Waals surface area contributed by atoms with Crippen molar-refractivity contribution in [2.75, 3.05) is 0 Å². The Balaban J connectivity index is 1.98. The fraction of sp³-hybridized carbons (Fsp3) is 0.118. The number of fused-ring (bicyclic) bond motifs is 2. The lowest BCUT2D eigenvalue weighted by atomic mass is 9.72. The molecule has 1 aliphatic rings. The molecule has 2 bridgehead atoms. The molecule has 0 amide bonds. The zero-order valence-corrected chi connectivity index (χ0v) is 10.4. The van der Waals surface area contributed by atoms with Gasteiger partial charge < -0.3 is 4.42 Å². The highest BCUT2D eigenvalue weighted by molar-refractivity contribution is 5.49. The summed E-state index contributed by atoms with van der Waals surface area (Å²) in [6, 6.07) is 21.0. The zero-order valence-electron chi connectivity index (χ0n) is 10.4. The van der Waals surface area contributed by atoms with Crippen molar-refractivity contribution in [3.8, 4) is 0 Å². The minimum atomic E-state index is -0.243.